The topological polar surface area (TPSA) is 97.0 Å². The second-order valence-electron chi connectivity index (χ2n) is 10.7. The highest BCUT2D eigenvalue weighted by Gasteiger charge is 2.37. The van der Waals surface area contributed by atoms with Gasteiger partial charge in [-0.3, -0.25) is 0 Å². The van der Waals surface area contributed by atoms with Gasteiger partial charge in [0.2, 0.25) is 5.95 Å². The lowest BCUT2D eigenvalue weighted by molar-refractivity contribution is 0.121. The predicted octanol–water partition coefficient (Wildman–Crippen LogP) is 3.34. The van der Waals surface area contributed by atoms with Crippen molar-refractivity contribution in [2.45, 2.75) is 50.7 Å². The Bertz CT molecular complexity index is 1200. The molecule has 0 bridgehead atoms. The van der Waals surface area contributed by atoms with Crippen LogP contribution in [0, 0.1) is 11.8 Å². The van der Waals surface area contributed by atoms with Gasteiger partial charge in [-0.25, -0.2) is 14.5 Å². The standard InChI is InChI=1S/C27H36N6O3/c1-17(14-35-2)30-27-29-11-25-23(10-24(33(25)31-27)18-3-5-22(34)6-4-18)19-7-8-28-26(9-19)32-12-20-15-36-16-21(20)13-32/h7-11,17-18,20-22,34H,3-6,12-16H2,1-2H3,(H,30,31)/t17-,18-,20-,21+,22-/m0/s1. The third-order valence-electron chi connectivity index (χ3n) is 8.07. The van der Waals surface area contributed by atoms with Crippen molar-refractivity contribution in [1.82, 2.24) is 19.6 Å². The predicted molar refractivity (Wildman–Crippen MR) is 138 cm³/mol. The van der Waals surface area contributed by atoms with Gasteiger partial charge in [-0.15, -0.1) is 5.10 Å². The number of nitrogens with zero attached hydrogens (tertiary/aromatic N) is 5. The Hall–Kier alpha value is -2.75. The van der Waals surface area contributed by atoms with E-state index in [0.29, 0.717) is 30.3 Å². The van der Waals surface area contributed by atoms with Crippen molar-refractivity contribution in [3.63, 3.8) is 0 Å². The Morgan fingerprint density at radius 2 is 1.92 bits per heavy atom. The molecule has 0 unspecified atom stereocenters. The molecule has 192 valence electrons. The van der Waals surface area contributed by atoms with Gasteiger partial charge in [-0.2, -0.15) is 0 Å². The summed E-state index contributed by atoms with van der Waals surface area (Å²) in [5.74, 6) is 3.19. The van der Waals surface area contributed by atoms with E-state index >= 15 is 0 Å². The monoisotopic (exact) mass is 492 g/mol. The Morgan fingerprint density at radius 1 is 1.14 bits per heavy atom. The lowest BCUT2D eigenvalue weighted by atomic mass is 9.85. The van der Waals surface area contributed by atoms with E-state index in [9.17, 15) is 5.11 Å². The average Bonchev–Trinajstić information content (AvgIpc) is 3.58. The van der Waals surface area contributed by atoms with Crippen LogP contribution in [0.2, 0.25) is 0 Å². The van der Waals surface area contributed by atoms with Crippen LogP contribution in [0.15, 0.2) is 30.6 Å². The van der Waals surface area contributed by atoms with Crippen LogP contribution < -0.4 is 10.2 Å². The normalized spacial score (nSPS) is 26.9. The zero-order valence-corrected chi connectivity index (χ0v) is 21.1. The van der Waals surface area contributed by atoms with Crippen molar-refractivity contribution in [1.29, 1.82) is 0 Å². The molecule has 2 N–H and O–H groups in total. The maximum absolute atomic E-state index is 10.1. The molecule has 2 saturated heterocycles. The molecule has 36 heavy (non-hydrogen) atoms. The van der Waals surface area contributed by atoms with E-state index in [1.807, 2.05) is 12.4 Å². The second kappa shape index (κ2) is 9.95. The molecule has 2 aliphatic heterocycles. The molecule has 9 nitrogen and oxygen atoms in total. The van der Waals surface area contributed by atoms with Crippen molar-refractivity contribution in [2.24, 2.45) is 11.8 Å². The van der Waals surface area contributed by atoms with Gasteiger partial charge in [0.1, 0.15) is 5.82 Å². The lowest BCUT2D eigenvalue weighted by Gasteiger charge is -2.25. The van der Waals surface area contributed by atoms with Crippen LogP contribution in [0.25, 0.3) is 16.6 Å². The molecule has 0 amide bonds. The smallest absolute Gasteiger partial charge is 0.241 e. The number of rotatable bonds is 7. The second-order valence-corrected chi connectivity index (χ2v) is 10.7. The molecule has 9 heteroatoms. The van der Waals surface area contributed by atoms with Crippen molar-refractivity contribution in [2.75, 3.05) is 50.2 Å². The first-order chi connectivity index (χ1) is 17.6. The van der Waals surface area contributed by atoms with Crippen molar-refractivity contribution < 1.29 is 14.6 Å². The Balaban J connectivity index is 1.36. The fourth-order valence-corrected chi connectivity index (χ4v) is 6.12. The molecule has 3 aromatic rings. The molecule has 0 aromatic carbocycles. The third-order valence-corrected chi connectivity index (χ3v) is 8.07. The molecule has 0 radical (unpaired) electrons. The molecule has 0 spiro atoms. The summed E-state index contributed by atoms with van der Waals surface area (Å²) >= 11 is 0. The van der Waals surface area contributed by atoms with Gasteiger partial charge in [0.05, 0.1) is 37.6 Å². The summed E-state index contributed by atoms with van der Waals surface area (Å²) in [6.45, 7) is 6.37. The number of fused-ring (bicyclic) bond motifs is 2. The van der Waals surface area contributed by atoms with Crippen molar-refractivity contribution in [3.8, 4) is 11.1 Å². The van der Waals surface area contributed by atoms with E-state index in [4.69, 9.17) is 19.6 Å². The Morgan fingerprint density at radius 3 is 2.67 bits per heavy atom. The summed E-state index contributed by atoms with van der Waals surface area (Å²) in [5.41, 5.74) is 4.43. The highest BCUT2D eigenvalue weighted by Crippen LogP contribution is 2.39. The highest BCUT2D eigenvalue weighted by molar-refractivity contribution is 5.82. The van der Waals surface area contributed by atoms with E-state index in [0.717, 1.165) is 74.4 Å². The molecule has 3 fully saturated rings. The van der Waals surface area contributed by atoms with Gasteiger partial charge in [0.25, 0.3) is 0 Å². The van der Waals surface area contributed by atoms with Crippen molar-refractivity contribution >= 4 is 17.3 Å². The molecule has 3 aliphatic rings. The number of nitrogens with one attached hydrogen (secondary N) is 1. The summed E-state index contributed by atoms with van der Waals surface area (Å²) in [6, 6.07) is 6.67. The summed E-state index contributed by atoms with van der Waals surface area (Å²) in [6.07, 6.45) is 7.21. The minimum absolute atomic E-state index is 0.101. The van der Waals surface area contributed by atoms with Crippen LogP contribution in [0.1, 0.15) is 44.2 Å². The van der Waals surface area contributed by atoms with E-state index in [1.54, 1.807) is 7.11 Å². The summed E-state index contributed by atoms with van der Waals surface area (Å²) in [4.78, 5) is 11.8. The van der Waals surface area contributed by atoms with Gasteiger partial charge in [-0.1, -0.05) is 0 Å². The summed E-state index contributed by atoms with van der Waals surface area (Å²) in [7, 11) is 1.70. The number of aliphatic hydroxyl groups is 1. The number of anilines is 2. The Labute approximate surface area is 211 Å². The van der Waals surface area contributed by atoms with Crippen LogP contribution >= 0.6 is 0 Å². The number of aromatic nitrogens is 4. The molecular formula is C27H36N6O3. The van der Waals surface area contributed by atoms with E-state index in [-0.39, 0.29) is 12.1 Å². The fraction of sp³-hybridized carbons (Fsp3) is 0.593. The third kappa shape index (κ3) is 4.55. The summed E-state index contributed by atoms with van der Waals surface area (Å²) in [5, 5.41) is 18.3. The first-order valence-corrected chi connectivity index (χ1v) is 13.2. The number of hydrogen-bond acceptors (Lipinski definition) is 8. The number of methoxy groups -OCH3 is 1. The quantitative estimate of drug-likeness (QED) is 0.518. The maximum Gasteiger partial charge on any atom is 0.241 e. The van der Waals surface area contributed by atoms with Crippen LogP contribution in [0.3, 0.4) is 0 Å². The van der Waals surface area contributed by atoms with Gasteiger partial charge in [-0.05, 0) is 56.4 Å². The van der Waals surface area contributed by atoms with Crippen LogP contribution in [0.4, 0.5) is 11.8 Å². The molecular weight excluding hydrogens is 456 g/mol. The Kier molecular flexibility index (Phi) is 6.54. The SMILES string of the molecule is COC[C@H](C)Nc1ncc2c(-c3ccnc(N4C[C@H]5COC[C@H]5C4)c3)cc([C@H]3CC[C@H](O)CC3)n2n1. The number of ether oxygens (including phenoxy) is 2. The zero-order chi connectivity index (χ0) is 24.6. The van der Waals surface area contributed by atoms with Crippen LogP contribution in [-0.4, -0.2) is 76.9 Å². The molecule has 3 atom stereocenters. The minimum atomic E-state index is -0.193. The van der Waals surface area contributed by atoms with Gasteiger partial charge < -0.3 is 24.8 Å². The van der Waals surface area contributed by atoms with Gasteiger partial charge >= 0.3 is 0 Å². The molecule has 1 saturated carbocycles. The van der Waals surface area contributed by atoms with Gasteiger partial charge in [0, 0.05) is 61.4 Å². The van der Waals surface area contributed by atoms with Gasteiger partial charge in [0.15, 0.2) is 0 Å². The maximum atomic E-state index is 10.1. The first-order valence-electron chi connectivity index (χ1n) is 13.2. The van der Waals surface area contributed by atoms with E-state index < -0.39 is 0 Å². The van der Waals surface area contributed by atoms with Crippen LogP contribution in [-0.2, 0) is 9.47 Å². The molecule has 1 aliphatic carbocycles. The highest BCUT2D eigenvalue weighted by atomic mass is 16.5. The zero-order valence-electron chi connectivity index (χ0n) is 21.1. The molecule has 5 heterocycles. The van der Waals surface area contributed by atoms with E-state index in [1.165, 1.54) is 5.69 Å². The lowest BCUT2D eigenvalue weighted by Crippen LogP contribution is -2.23. The van der Waals surface area contributed by atoms with E-state index in [2.05, 4.69) is 44.8 Å². The number of hydrogen-bond donors (Lipinski definition) is 2. The molecule has 6 rings (SSSR count). The number of pyridine rings is 1. The molecule has 3 aromatic heterocycles. The van der Waals surface area contributed by atoms with Crippen molar-refractivity contribution in [3.05, 3.63) is 36.3 Å². The minimum Gasteiger partial charge on any atom is -0.393 e. The fourth-order valence-electron chi connectivity index (χ4n) is 6.12. The first kappa shape index (κ1) is 23.6. The average molecular weight is 493 g/mol. The van der Waals surface area contributed by atoms with Crippen LogP contribution in [0.5, 0.6) is 0 Å². The largest absolute Gasteiger partial charge is 0.393 e. The number of aliphatic hydroxyl groups excluding tert-OH is 1. The summed E-state index contributed by atoms with van der Waals surface area (Å²) < 4.78 is 13.0.